The first-order valence-corrected chi connectivity index (χ1v) is 5.24. The summed E-state index contributed by atoms with van der Waals surface area (Å²) < 4.78 is 0. The molecule has 2 fully saturated rings. The van der Waals surface area contributed by atoms with E-state index in [2.05, 4.69) is 17.2 Å². The molecule has 0 aromatic carbocycles. The van der Waals surface area contributed by atoms with Crippen molar-refractivity contribution >= 4 is 17.6 Å². The first-order valence-electron chi connectivity index (χ1n) is 5.24. The Kier molecular flexibility index (Phi) is 2.15. The largest absolute Gasteiger partial charge is 0.343 e. The van der Waals surface area contributed by atoms with Gasteiger partial charge in [-0.05, 0) is 5.92 Å². The zero-order valence-electron chi connectivity index (χ0n) is 9.29. The van der Waals surface area contributed by atoms with E-state index in [9.17, 15) is 14.4 Å². The SMILES string of the molecule is C=C1C[C@@]2(NC1=O)C(=O)N[C@H](C(C)C)C2=O. The molecule has 0 aliphatic carbocycles. The summed E-state index contributed by atoms with van der Waals surface area (Å²) in [6.45, 7) is 7.26. The van der Waals surface area contributed by atoms with Crippen molar-refractivity contribution < 1.29 is 14.4 Å². The van der Waals surface area contributed by atoms with Gasteiger partial charge in [0.2, 0.25) is 5.91 Å². The van der Waals surface area contributed by atoms with Crippen LogP contribution in [-0.4, -0.2) is 29.2 Å². The van der Waals surface area contributed by atoms with Crippen molar-refractivity contribution in [3.05, 3.63) is 12.2 Å². The molecule has 5 nitrogen and oxygen atoms in total. The summed E-state index contributed by atoms with van der Waals surface area (Å²) in [7, 11) is 0. The third-order valence-corrected chi connectivity index (χ3v) is 3.17. The third kappa shape index (κ3) is 1.20. The number of nitrogens with one attached hydrogen (secondary N) is 2. The van der Waals surface area contributed by atoms with E-state index in [-0.39, 0.29) is 23.7 Å². The van der Waals surface area contributed by atoms with E-state index in [1.807, 2.05) is 13.8 Å². The minimum atomic E-state index is -1.39. The molecule has 2 heterocycles. The van der Waals surface area contributed by atoms with Crippen molar-refractivity contribution in [1.82, 2.24) is 10.6 Å². The molecule has 0 radical (unpaired) electrons. The van der Waals surface area contributed by atoms with Gasteiger partial charge in [-0.3, -0.25) is 14.4 Å². The lowest BCUT2D eigenvalue weighted by atomic mass is 9.88. The van der Waals surface area contributed by atoms with Crippen LogP contribution in [0.25, 0.3) is 0 Å². The fourth-order valence-corrected chi connectivity index (χ4v) is 2.19. The van der Waals surface area contributed by atoms with Crippen molar-refractivity contribution in [2.75, 3.05) is 0 Å². The molecule has 0 unspecified atom stereocenters. The lowest BCUT2D eigenvalue weighted by molar-refractivity contribution is -0.133. The molecule has 1 spiro atoms. The Balaban J connectivity index is 2.37. The summed E-state index contributed by atoms with van der Waals surface area (Å²) in [6, 6.07) is -0.515. The van der Waals surface area contributed by atoms with Crippen molar-refractivity contribution in [2.45, 2.75) is 31.8 Å². The van der Waals surface area contributed by atoms with Crippen molar-refractivity contribution in [1.29, 1.82) is 0 Å². The molecule has 0 aromatic heterocycles. The fraction of sp³-hybridized carbons (Fsp3) is 0.545. The lowest BCUT2D eigenvalue weighted by Crippen LogP contribution is -2.52. The van der Waals surface area contributed by atoms with Crippen LogP contribution < -0.4 is 10.6 Å². The van der Waals surface area contributed by atoms with Gasteiger partial charge in [-0.1, -0.05) is 20.4 Å². The van der Waals surface area contributed by atoms with Crippen molar-refractivity contribution in [3.63, 3.8) is 0 Å². The van der Waals surface area contributed by atoms with Gasteiger partial charge in [0, 0.05) is 12.0 Å². The smallest absolute Gasteiger partial charge is 0.254 e. The average molecular weight is 222 g/mol. The highest BCUT2D eigenvalue weighted by Gasteiger charge is 2.59. The van der Waals surface area contributed by atoms with Gasteiger partial charge >= 0.3 is 0 Å². The molecule has 2 N–H and O–H groups in total. The van der Waals surface area contributed by atoms with Crippen LogP contribution in [0.5, 0.6) is 0 Å². The maximum atomic E-state index is 12.1. The number of carbonyl (C=O) groups is 3. The van der Waals surface area contributed by atoms with Gasteiger partial charge < -0.3 is 10.6 Å². The van der Waals surface area contributed by atoms with E-state index in [4.69, 9.17) is 0 Å². The molecule has 0 bridgehead atoms. The van der Waals surface area contributed by atoms with E-state index in [1.54, 1.807) is 0 Å². The van der Waals surface area contributed by atoms with Gasteiger partial charge in [-0.15, -0.1) is 0 Å². The van der Waals surface area contributed by atoms with Crippen LogP contribution >= 0.6 is 0 Å². The Morgan fingerprint density at radius 3 is 2.38 bits per heavy atom. The fourth-order valence-electron chi connectivity index (χ4n) is 2.19. The molecule has 2 rings (SSSR count). The zero-order valence-corrected chi connectivity index (χ0v) is 9.29. The molecule has 2 atom stereocenters. The Labute approximate surface area is 93.3 Å². The molecule has 16 heavy (non-hydrogen) atoms. The Hall–Kier alpha value is -1.65. The zero-order chi connectivity index (χ0) is 12.1. The van der Waals surface area contributed by atoms with Crippen LogP contribution in [0, 0.1) is 5.92 Å². The number of Topliss-reactive ketones (excluding diaryl/α,β-unsaturated/α-hetero) is 1. The Morgan fingerprint density at radius 2 is 2.00 bits per heavy atom. The van der Waals surface area contributed by atoms with Crippen molar-refractivity contribution in [3.8, 4) is 0 Å². The molecular formula is C11H14N2O3. The molecule has 2 aliphatic rings. The molecule has 0 saturated carbocycles. The number of rotatable bonds is 1. The second kappa shape index (κ2) is 3.17. The first-order chi connectivity index (χ1) is 7.38. The molecule has 2 amide bonds. The highest BCUT2D eigenvalue weighted by atomic mass is 16.2. The standard InChI is InChI=1S/C11H14N2O3/c1-5(2)7-8(14)11(10(16)12-7)4-6(3)9(15)13-11/h5,7H,3-4H2,1-2H3,(H,12,16)(H,13,15)/t7-,11+/m1/s1. The maximum absolute atomic E-state index is 12.1. The number of amides is 2. The monoisotopic (exact) mass is 222 g/mol. The van der Waals surface area contributed by atoms with Gasteiger partial charge in [0.1, 0.15) is 0 Å². The van der Waals surface area contributed by atoms with Gasteiger partial charge in [0.05, 0.1) is 6.04 Å². The Bertz CT molecular complexity index is 395. The van der Waals surface area contributed by atoms with E-state index in [0.29, 0.717) is 0 Å². The summed E-state index contributed by atoms with van der Waals surface area (Å²) in [5.41, 5.74) is -1.10. The van der Waals surface area contributed by atoms with Crippen LogP contribution in [0.4, 0.5) is 0 Å². The second-order valence-corrected chi connectivity index (χ2v) is 4.70. The van der Waals surface area contributed by atoms with Gasteiger partial charge in [0.15, 0.2) is 11.3 Å². The van der Waals surface area contributed by atoms with Gasteiger partial charge in [0.25, 0.3) is 5.91 Å². The quantitative estimate of drug-likeness (QED) is 0.465. The number of hydrogen-bond acceptors (Lipinski definition) is 3. The number of carbonyl (C=O) groups excluding carboxylic acids is 3. The number of ketones is 1. The topological polar surface area (TPSA) is 75.3 Å². The molecular weight excluding hydrogens is 208 g/mol. The summed E-state index contributed by atoms with van der Waals surface area (Å²) in [5, 5.41) is 5.10. The second-order valence-electron chi connectivity index (χ2n) is 4.70. The maximum Gasteiger partial charge on any atom is 0.254 e. The van der Waals surface area contributed by atoms with E-state index < -0.39 is 23.4 Å². The molecule has 0 aromatic rings. The van der Waals surface area contributed by atoms with Crippen molar-refractivity contribution in [2.24, 2.45) is 5.92 Å². The summed E-state index contributed by atoms with van der Waals surface area (Å²) >= 11 is 0. The minimum Gasteiger partial charge on any atom is -0.343 e. The van der Waals surface area contributed by atoms with Gasteiger partial charge in [-0.2, -0.15) is 0 Å². The Morgan fingerprint density at radius 1 is 1.38 bits per heavy atom. The van der Waals surface area contributed by atoms with E-state index in [1.165, 1.54) is 0 Å². The average Bonchev–Trinajstić information content (AvgIpc) is 2.61. The predicted octanol–water partition coefficient (Wildman–Crippen LogP) is -0.475. The predicted molar refractivity (Wildman–Crippen MR) is 56.4 cm³/mol. The van der Waals surface area contributed by atoms with Gasteiger partial charge in [-0.25, -0.2) is 0 Å². The van der Waals surface area contributed by atoms with Crippen LogP contribution in [0.1, 0.15) is 20.3 Å². The summed E-state index contributed by atoms with van der Waals surface area (Å²) in [4.78, 5) is 35.3. The highest BCUT2D eigenvalue weighted by molar-refractivity contribution is 6.23. The minimum absolute atomic E-state index is 0.0154. The molecule has 5 heteroatoms. The van der Waals surface area contributed by atoms with Crippen LogP contribution in [0.3, 0.4) is 0 Å². The van der Waals surface area contributed by atoms with Crippen LogP contribution in [0.15, 0.2) is 12.2 Å². The molecule has 2 saturated heterocycles. The normalized spacial score (nSPS) is 33.8. The van der Waals surface area contributed by atoms with Crippen LogP contribution in [0.2, 0.25) is 0 Å². The third-order valence-electron chi connectivity index (χ3n) is 3.17. The molecule has 2 aliphatic heterocycles. The van der Waals surface area contributed by atoms with E-state index in [0.717, 1.165) is 0 Å². The molecule has 86 valence electrons. The number of hydrogen-bond donors (Lipinski definition) is 2. The first kappa shape index (κ1) is 10.9. The van der Waals surface area contributed by atoms with Crippen LogP contribution in [-0.2, 0) is 14.4 Å². The lowest BCUT2D eigenvalue weighted by Gasteiger charge is -2.18. The van der Waals surface area contributed by atoms with E-state index >= 15 is 0 Å². The summed E-state index contributed by atoms with van der Waals surface area (Å²) in [6.07, 6.45) is 0.0831. The highest BCUT2D eigenvalue weighted by Crippen LogP contribution is 2.31. The summed E-state index contributed by atoms with van der Waals surface area (Å²) in [5.74, 6) is -1.06.